The van der Waals surface area contributed by atoms with Gasteiger partial charge in [-0.2, -0.15) is 0 Å². The fraction of sp³-hybridized carbons (Fsp3) is 0.0833. The second kappa shape index (κ2) is 5.13. The Morgan fingerprint density at radius 2 is 2.28 bits per heavy atom. The van der Waals surface area contributed by atoms with E-state index in [4.69, 9.17) is 10.8 Å². The molecule has 4 N–H and O–H groups in total. The number of rotatable bonds is 4. The molecule has 0 atom stereocenters. The first-order chi connectivity index (χ1) is 8.66. The number of pyridine rings is 2. The monoisotopic (exact) mass is 244 g/mol. The summed E-state index contributed by atoms with van der Waals surface area (Å²) < 4.78 is 0. The van der Waals surface area contributed by atoms with Crippen molar-refractivity contribution in [1.82, 2.24) is 9.97 Å². The maximum Gasteiger partial charge on any atom is 0.339 e. The van der Waals surface area contributed by atoms with Gasteiger partial charge >= 0.3 is 5.97 Å². The Kier molecular flexibility index (Phi) is 3.38. The van der Waals surface area contributed by atoms with Gasteiger partial charge in [0.25, 0.3) is 0 Å². The van der Waals surface area contributed by atoms with Crippen LogP contribution in [-0.4, -0.2) is 21.0 Å². The second-order valence-electron chi connectivity index (χ2n) is 3.68. The normalized spacial score (nSPS) is 10.0. The molecule has 2 heterocycles. The van der Waals surface area contributed by atoms with Gasteiger partial charge < -0.3 is 16.2 Å². The van der Waals surface area contributed by atoms with Gasteiger partial charge in [-0.25, -0.2) is 9.78 Å². The van der Waals surface area contributed by atoms with Crippen molar-refractivity contribution in [2.75, 3.05) is 11.1 Å². The van der Waals surface area contributed by atoms with Gasteiger partial charge in [0.15, 0.2) is 0 Å². The number of nitrogen functional groups attached to an aromatic ring is 1. The number of carboxylic acids is 1. The smallest absolute Gasteiger partial charge is 0.339 e. The first-order valence-electron chi connectivity index (χ1n) is 5.28. The topological polar surface area (TPSA) is 101 Å². The number of aromatic nitrogens is 2. The molecule has 0 aromatic carbocycles. The third-order valence-electron chi connectivity index (χ3n) is 2.32. The number of nitrogens with two attached hydrogens (primary N) is 1. The zero-order chi connectivity index (χ0) is 13.0. The van der Waals surface area contributed by atoms with E-state index in [1.807, 2.05) is 12.1 Å². The highest BCUT2D eigenvalue weighted by molar-refractivity contribution is 5.94. The zero-order valence-electron chi connectivity index (χ0n) is 9.50. The number of carboxylic acid groups (broad SMARTS) is 1. The number of hydrogen-bond donors (Lipinski definition) is 3. The SMILES string of the molecule is Nc1cnc(NCc2cccnc2)c(C(=O)O)c1. The summed E-state index contributed by atoms with van der Waals surface area (Å²) in [5.41, 5.74) is 6.82. The van der Waals surface area contributed by atoms with Gasteiger partial charge in [-0.15, -0.1) is 0 Å². The van der Waals surface area contributed by atoms with Crippen LogP contribution in [0.25, 0.3) is 0 Å². The molecule has 0 radical (unpaired) electrons. The highest BCUT2D eigenvalue weighted by Gasteiger charge is 2.11. The van der Waals surface area contributed by atoms with Gasteiger partial charge in [0, 0.05) is 18.9 Å². The van der Waals surface area contributed by atoms with Crippen molar-refractivity contribution in [2.24, 2.45) is 0 Å². The Balaban J connectivity index is 2.17. The van der Waals surface area contributed by atoms with E-state index < -0.39 is 5.97 Å². The third kappa shape index (κ3) is 2.73. The number of carbonyl (C=O) groups is 1. The van der Waals surface area contributed by atoms with E-state index in [1.165, 1.54) is 12.3 Å². The Morgan fingerprint density at radius 3 is 2.94 bits per heavy atom. The molecule has 0 aliphatic rings. The van der Waals surface area contributed by atoms with Crippen LogP contribution in [0.15, 0.2) is 36.8 Å². The predicted octanol–water partition coefficient (Wildman–Crippen LogP) is 1.37. The third-order valence-corrected chi connectivity index (χ3v) is 2.32. The van der Waals surface area contributed by atoms with E-state index in [2.05, 4.69) is 15.3 Å². The predicted molar refractivity (Wildman–Crippen MR) is 67.2 cm³/mol. The molecular weight excluding hydrogens is 232 g/mol. The van der Waals surface area contributed by atoms with Crippen LogP contribution >= 0.6 is 0 Å². The Bertz CT molecular complexity index is 557. The molecule has 0 saturated heterocycles. The average Bonchev–Trinajstić information content (AvgIpc) is 2.38. The van der Waals surface area contributed by atoms with E-state index in [-0.39, 0.29) is 5.56 Å². The van der Waals surface area contributed by atoms with Crippen LogP contribution in [0, 0.1) is 0 Å². The lowest BCUT2D eigenvalue weighted by atomic mass is 10.2. The van der Waals surface area contributed by atoms with Crippen molar-refractivity contribution < 1.29 is 9.90 Å². The van der Waals surface area contributed by atoms with Gasteiger partial charge in [-0.3, -0.25) is 4.98 Å². The molecule has 0 spiro atoms. The first kappa shape index (κ1) is 11.8. The Morgan fingerprint density at radius 1 is 1.44 bits per heavy atom. The van der Waals surface area contributed by atoms with Crippen LogP contribution in [-0.2, 0) is 6.54 Å². The number of nitrogens with zero attached hydrogens (tertiary/aromatic N) is 2. The van der Waals surface area contributed by atoms with Gasteiger partial charge in [-0.1, -0.05) is 6.07 Å². The van der Waals surface area contributed by atoms with Gasteiger partial charge in [0.2, 0.25) is 0 Å². The molecule has 6 nitrogen and oxygen atoms in total. The summed E-state index contributed by atoms with van der Waals surface area (Å²) in [5.74, 6) is -0.774. The maximum atomic E-state index is 11.0. The standard InChI is InChI=1S/C12H12N4O2/c13-9-4-10(12(17)18)11(16-7-9)15-6-8-2-1-3-14-5-8/h1-5,7H,6,13H2,(H,15,16)(H,17,18). The van der Waals surface area contributed by atoms with E-state index in [0.29, 0.717) is 18.1 Å². The first-order valence-corrected chi connectivity index (χ1v) is 5.28. The van der Waals surface area contributed by atoms with Crippen LogP contribution in [0.5, 0.6) is 0 Å². The van der Waals surface area contributed by atoms with Crippen LogP contribution in [0.2, 0.25) is 0 Å². The fourth-order valence-electron chi connectivity index (χ4n) is 1.47. The van der Waals surface area contributed by atoms with E-state index in [0.717, 1.165) is 5.56 Å². The van der Waals surface area contributed by atoms with Crippen LogP contribution in [0.3, 0.4) is 0 Å². The maximum absolute atomic E-state index is 11.0. The molecule has 0 fully saturated rings. The van der Waals surface area contributed by atoms with Gasteiger partial charge in [0.1, 0.15) is 11.4 Å². The molecule has 0 bridgehead atoms. The molecule has 18 heavy (non-hydrogen) atoms. The summed E-state index contributed by atoms with van der Waals surface area (Å²) in [6.45, 7) is 0.449. The van der Waals surface area contributed by atoms with Crippen LogP contribution < -0.4 is 11.1 Å². The lowest BCUT2D eigenvalue weighted by Gasteiger charge is -2.08. The van der Waals surface area contributed by atoms with Crippen LogP contribution in [0.4, 0.5) is 11.5 Å². The molecular formula is C12H12N4O2. The van der Waals surface area contributed by atoms with Crippen molar-refractivity contribution in [3.8, 4) is 0 Å². The van der Waals surface area contributed by atoms with Crippen LogP contribution in [0.1, 0.15) is 15.9 Å². The molecule has 2 aromatic rings. The Labute approximate surface area is 104 Å². The number of hydrogen-bond acceptors (Lipinski definition) is 5. The minimum atomic E-state index is -1.07. The molecule has 0 aliphatic carbocycles. The van der Waals surface area contributed by atoms with E-state index in [1.54, 1.807) is 12.4 Å². The quantitative estimate of drug-likeness (QED) is 0.750. The fourth-order valence-corrected chi connectivity index (χ4v) is 1.47. The molecule has 6 heteroatoms. The van der Waals surface area contributed by atoms with E-state index in [9.17, 15) is 4.79 Å². The molecule has 0 saturated carbocycles. The molecule has 2 aromatic heterocycles. The molecule has 92 valence electrons. The average molecular weight is 244 g/mol. The van der Waals surface area contributed by atoms with Gasteiger partial charge in [0.05, 0.1) is 11.9 Å². The van der Waals surface area contributed by atoms with E-state index >= 15 is 0 Å². The number of anilines is 2. The molecule has 0 amide bonds. The minimum Gasteiger partial charge on any atom is -0.478 e. The summed E-state index contributed by atoms with van der Waals surface area (Å²) in [5, 5.41) is 12.0. The number of nitrogens with one attached hydrogen (secondary N) is 1. The molecule has 2 rings (SSSR count). The van der Waals surface area contributed by atoms with Crippen molar-refractivity contribution in [3.05, 3.63) is 47.9 Å². The summed E-state index contributed by atoms with van der Waals surface area (Å²) in [4.78, 5) is 19.0. The Hall–Kier alpha value is -2.63. The second-order valence-corrected chi connectivity index (χ2v) is 3.68. The van der Waals surface area contributed by atoms with Gasteiger partial charge in [-0.05, 0) is 17.7 Å². The minimum absolute atomic E-state index is 0.0545. The number of aromatic carboxylic acids is 1. The zero-order valence-corrected chi connectivity index (χ0v) is 9.50. The molecule has 0 unspecified atom stereocenters. The summed E-state index contributed by atoms with van der Waals surface area (Å²) in [6, 6.07) is 5.07. The summed E-state index contributed by atoms with van der Waals surface area (Å²) in [7, 11) is 0. The van der Waals surface area contributed by atoms with Crippen molar-refractivity contribution >= 4 is 17.5 Å². The van der Waals surface area contributed by atoms with Crippen molar-refractivity contribution in [3.63, 3.8) is 0 Å². The highest BCUT2D eigenvalue weighted by Crippen LogP contribution is 2.16. The summed E-state index contributed by atoms with van der Waals surface area (Å²) in [6.07, 6.45) is 4.79. The summed E-state index contributed by atoms with van der Waals surface area (Å²) >= 11 is 0. The largest absolute Gasteiger partial charge is 0.478 e. The van der Waals surface area contributed by atoms with Crippen molar-refractivity contribution in [2.45, 2.75) is 6.54 Å². The van der Waals surface area contributed by atoms with Crippen molar-refractivity contribution in [1.29, 1.82) is 0 Å². The lowest BCUT2D eigenvalue weighted by Crippen LogP contribution is -2.09. The highest BCUT2D eigenvalue weighted by atomic mass is 16.4. The lowest BCUT2D eigenvalue weighted by molar-refractivity contribution is 0.0697. The molecule has 0 aliphatic heterocycles.